The minimum Gasteiger partial charge on any atom is -0.357 e. The summed E-state index contributed by atoms with van der Waals surface area (Å²) in [5.74, 6) is -0.310. The van der Waals surface area contributed by atoms with Gasteiger partial charge in [0.25, 0.3) is 0 Å². The molecule has 0 unspecified atom stereocenters. The quantitative estimate of drug-likeness (QED) is 0.623. The highest BCUT2D eigenvalue weighted by atomic mass is 32.3. The molecule has 0 aromatic carbocycles. The Labute approximate surface area is 104 Å². The Morgan fingerprint density at radius 1 is 1.50 bits per heavy atom. The van der Waals surface area contributed by atoms with Crippen LogP contribution >= 0.6 is 0 Å². The molecular formula is C8H13N3O6S. The second-order valence-corrected chi connectivity index (χ2v) is 5.13. The van der Waals surface area contributed by atoms with Gasteiger partial charge in [0.05, 0.1) is 6.04 Å². The molecule has 0 saturated carbocycles. The molecule has 2 saturated heterocycles. The number of urea groups is 1. The first-order valence-electron chi connectivity index (χ1n) is 5.32. The van der Waals surface area contributed by atoms with Gasteiger partial charge in [-0.15, -0.1) is 4.28 Å². The summed E-state index contributed by atoms with van der Waals surface area (Å²) in [5.41, 5.74) is 0. The van der Waals surface area contributed by atoms with Crippen LogP contribution in [0.3, 0.4) is 0 Å². The largest absolute Gasteiger partial charge is 0.418 e. The van der Waals surface area contributed by atoms with E-state index in [1.165, 1.54) is 11.9 Å². The van der Waals surface area contributed by atoms with Crippen LogP contribution in [0.2, 0.25) is 0 Å². The average molecular weight is 279 g/mol. The van der Waals surface area contributed by atoms with Crippen molar-refractivity contribution in [1.82, 2.24) is 15.3 Å². The van der Waals surface area contributed by atoms with E-state index >= 15 is 0 Å². The Morgan fingerprint density at radius 3 is 2.72 bits per heavy atom. The summed E-state index contributed by atoms with van der Waals surface area (Å²) in [7, 11) is -3.28. The number of hydroxylamine groups is 2. The Hall–Kier alpha value is -1.39. The van der Waals surface area contributed by atoms with E-state index in [0.29, 0.717) is 17.9 Å². The van der Waals surface area contributed by atoms with Crippen molar-refractivity contribution in [3.05, 3.63) is 0 Å². The lowest BCUT2D eigenvalue weighted by Gasteiger charge is -2.28. The number of carbonyl (C=O) groups excluding carboxylic acids is 2. The lowest BCUT2D eigenvalue weighted by Crippen LogP contribution is -2.48. The molecule has 0 spiro atoms. The molecule has 2 fully saturated rings. The molecule has 2 heterocycles. The van der Waals surface area contributed by atoms with E-state index in [1.54, 1.807) is 0 Å². The van der Waals surface area contributed by atoms with Crippen molar-refractivity contribution in [2.24, 2.45) is 0 Å². The van der Waals surface area contributed by atoms with Crippen molar-refractivity contribution in [2.75, 3.05) is 13.6 Å². The number of nitrogens with one attached hydrogen (secondary N) is 1. The molecule has 2 rings (SSSR count). The molecular weight excluding hydrogens is 266 g/mol. The van der Waals surface area contributed by atoms with Crippen LogP contribution in [0.25, 0.3) is 0 Å². The first kappa shape index (κ1) is 13.1. The van der Waals surface area contributed by atoms with E-state index in [1.807, 2.05) is 0 Å². The van der Waals surface area contributed by atoms with Gasteiger partial charge in [-0.25, -0.2) is 4.79 Å². The van der Waals surface area contributed by atoms with Crippen molar-refractivity contribution in [3.8, 4) is 0 Å². The summed E-state index contributed by atoms with van der Waals surface area (Å²) in [6.07, 6.45) is 0.845. The molecule has 2 N–H and O–H groups in total. The normalized spacial score (nSPS) is 27.6. The highest BCUT2D eigenvalue weighted by molar-refractivity contribution is 7.80. The topological polar surface area (TPSA) is 116 Å². The molecule has 2 bridgehead atoms. The highest BCUT2D eigenvalue weighted by Gasteiger charge is 2.49. The molecule has 18 heavy (non-hydrogen) atoms. The number of rotatable bonds is 3. The van der Waals surface area contributed by atoms with Crippen LogP contribution in [0.15, 0.2) is 0 Å². The van der Waals surface area contributed by atoms with Gasteiger partial charge >= 0.3 is 16.4 Å². The zero-order chi connectivity index (χ0) is 13.5. The third-order valence-electron chi connectivity index (χ3n) is 3.05. The SMILES string of the molecule is CNC(=O)[C@@H]1CC[C@@H]2CN1C(=O)N2OS(=O)(=O)O. The third-order valence-corrected chi connectivity index (χ3v) is 3.40. The van der Waals surface area contributed by atoms with Gasteiger partial charge in [0.2, 0.25) is 5.91 Å². The summed E-state index contributed by atoms with van der Waals surface area (Å²) in [6.45, 7) is 0.201. The smallest absolute Gasteiger partial charge is 0.357 e. The van der Waals surface area contributed by atoms with E-state index in [0.717, 1.165) is 0 Å². The van der Waals surface area contributed by atoms with E-state index in [2.05, 4.69) is 9.60 Å². The number of hydrogen-bond donors (Lipinski definition) is 2. The van der Waals surface area contributed by atoms with Crippen molar-refractivity contribution in [1.29, 1.82) is 0 Å². The van der Waals surface area contributed by atoms with Gasteiger partial charge in [0.15, 0.2) is 0 Å². The van der Waals surface area contributed by atoms with Crippen LogP contribution in [0.5, 0.6) is 0 Å². The maximum atomic E-state index is 11.9. The Bertz CT molecular complexity index is 477. The number of likely N-dealkylation sites (N-methyl/N-ethyl adjacent to an activating group) is 1. The number of piperidine rings is 1. The molecule has 3 amide bonds. The fourth-order valence-corrected chi connectivity index (χ4v) is 2.66. The molecule has 0 aromatic rings. The van der Waals surface area contributed by atoms with Crippen molar-refractivity contribution < 1.29 is 26.8 Å². The second-order valence-electron chi connectivity index (χ2n) is 4.12. The summed E-state index contributed by atoms with van der Waals surface area (Å²) >= 11 is 0. The minimum atomic E-state index is -4.74. The van der Waals surface area contributed by atoms with Crippen molar-refractivity contribution in [3.63, 3.8) is 0 Å². The maximum absolute atomic E-state index is 11.9. The van der Waals surface area contributed by atoms with Crippen LogP contribution in [0.4, 0.5) is 4.79 Å². The second kappa shape index (κ2) is 4.37. The fraction of sp³-hybridized carbons (Fsp3) is 0.750. The van der Waals surface area contributed by atoms with Crippen LogP contribution in [0, 0.1) is 0 Å². The number of hydrogen-bond acceptors (Lipinski definition) is 5. The zero-order valence-corrected chi connectivity index (χ0v) is 10.4. The highest BCUT2D eigenvalue weighted by Crippen LogP contribution is 2.30. The lowest BCUT2D eigenvalue weighted by atomic mass is 10.0. The van der Waals surface area contributed by atoms with Crippen LogP contribution < -0.4 is 5.32 Å². The summed E-state index contributed by atoms with van der Waals surface area (Å²) in [4.78, 5) is 24.7. The van der Waals surface area contributed by atoms with E-state index < -0.39 is 28.5 Å². The Kier molecular flexibility index (Phi) is 3.17. The van der Waals surface area contributed by atoms with E-state index in [-0.39, 0.29) is 12.5 Å². The number of nitrogens with zero attached hydrogens (tertiary/aromatic N) is 2. The molecule has 0 aromatic heterocycles. The Balaban J connectivity index is 2.17. The van der Waals surface area contributed by atoms with E-state index in [4.69, 9.17) is 4.55 Å². The minimum absolute atomic E-state index is 0.201. The summed E-state index contributed by atoms with van der Waals surface area (Å²) < 4.78 is 34.1. The van der Waals surface area contributed by atoms with Crippen molar-refractivity contribution >= 4 is 22.3 Å². The summed E-state index contributed by atoms with van der Waals surface area (Å²) in [5, 5.41) is 3.05. The van der Waals surface area contributed by atoms with Gasteiger partial charge in [-0.3, -0.25) is 9.35 Å². The first-order valence-corrected chi connectivity index (χ1v) is 6.68. The summed E-state index contributed by atoms with van der Waals surface area (Å²) in [6, 6.07) is -1.84. The van der Waals surface area contributed by atoms with Gasteiger partial charge in [-0.05, 0) is 12.8 Å². The monoisotopic (exact) mass is 279 g/mol. The van der Waals surface area contributed by atoms with Gasteiger partial charge < -0.3 is 10.2 Å². The maximum Gasteiger partial charge on any atom is 0.418 e. The molecule has 2 aliphatic heterocycles. The van der Waals surface area contributed by atoms with Gasteiger partial charge in [-0.1, -0.05) is 0 Å². The fourth-order valence-electron chi connectivity index (χ4n) is 2.27. The number of amides is 3. The molecule has 10 heteroatoms. The molecule has 0 radical (unpaired) electrons. The van der Waals surface area contributed by atoms with Crippen LogP contribution in [-0.4, -0.2) is 60.5 Å². The molecule has 0 aliphatic carbocycles. The van der Waals surface area contributed by atoms with Gasteiger partial charge in [-0.2, -0.15) is 13.5 Å². The van der Waals surface area contributed by atoms with Gasteiger partial charge in [0.1, 0.15) is 6.04 Å². The first-order chi connectivity index (χ1) is 8.33. The lowest BCUT2D eigenvalue weighted by molar-refractivity contribution is -0.125. The van der Waals surface area contributed by atoms with Crippen LogP contribution in [-0.2, 0) is 19.5 Å². The average Bonchev–Trinajstić information content (AvgIpc) is 2.52. The molecule has 2 aliphatic rings. The number of fused-ring (bicyclic) bond motifs is 2. The zero-order valence-electron chi connectivity index (χ0n) is 9.57. The third kappa shape index (κ3) is 2.26. The van der Waals surface area contributed by atoms with E-state index in [9.17, 15) is 18.0 Å². The molecule has 2 atom stereocenters. The molecule has 102 valence electrons. The van der Waals surface area contributed by atoms with Crippen molar-refractivity contribution in [2.45, 2.75) is 24.9 Å². The van der Waals surface area contributed by atoms with Crippen LogP contribution in [0.1, 0.15) is 12.8 Å². The predicted molar refractivity (Wildman–Crippen MR) is 57.5 cm³/mol. The van der Waals surface area contributed by atoms with Gasteiger partial charge in [0, 0.05) is 13.6 Å². The molecule has 9 nitrogen and oxygen atoms in total. The predicted octanol–water partition coefficient (Wildman–Crippen LogP) is -1.26. The Morgan fingerprint density at radius 2 is 2.17 bits per heavy atom. The number of carbonyl (C=O) groups is 2. The standard InChI is InChI=1S/C8H13N3O6S/c1-9-7(12)6-3-2-5-4-10(6)8(13)11(5)17-18(14,15)16/h5-6H,2-4H2,1H3,(H,9,12)(H,14,15,16)/t5-,6+/m1/s1.